The van der Waals surface area contributed by atoms with Gasteiger partial charge >= 0.3 is 0 Å². The molecule has 10 nitrogen and oxygen atoms in total. The van der Waals surface area contributed by atoms with Crippen LogP contribution in [-0.4, -0.2) is 39.0 Å². The normalized spacial score (nSPS) is 11.3. The zero-order valence-electron chi connectivity index (χ0n) is 44.9. The lowest BCUT2D eigenvalue weighted by Gasteiger charge is -2.19. The van der Waals surface area contributed by atoms with Crippen molar-refractivity contribution in [2.45, 2.75) is 0 Å². The van der Waals surface area contributed by atoms with E-state index >= 15 is 0 Å². The van der Waals surface area contributed by atoms with Crippen LogP contribution in [0.15, 0.2) is 267 Å². The van der Waals surface area contributed by atoms with Crippen LogP contribution < -0.4 is 0 Å². The minimum absolute atomic E-state index is 0.525. The van der Waals surface area contributed by atoms with Gasteiger partial charge in [0.25, 0.3) is 0 Å². The fourth-order valence-corrected chi connectivity index (χ4v) is 11.5. The number of para-hydroxylation sites is 2. The first-order chi connectivity index (χ1) is 41.5. The fraction of sp³-hybridized carbons (Fsp3) is 0. The molecule has 4 aromatic heterocycles. The van der Waals surface area contributed by atoms with E-state index in [-0.39, 0.29) is 0 Å². The average molecular weight is 1070 g/mol. The summed E-state index contributed by atoms with van der Waals surface area (Å²) in [6.45, 7) is 7.97. The Hall–Kier alpha value is -12.0. The molecule has 84 heavy (non-hydrogen) atoms. The van der Waals surface area contributed by atoms with Crippen LogP contribution in [0.2, 0.25) is 0 Å². The van der Waals surface area contributed by atoms with Crippen molar-refractivity contribution < 1.29 is 0 Å². The number of benzene rings is 11. The molecule has 0 atom stereocenters. The Balaban J connectivity index is 0.992. The van der Waals surface area contributed by atoms with E-state index in [9.17, 15) is 5.26 Å². The van der Waals surface area contributed by atoms with Gasteiger partial charge in [-0.25, -0.2) is 34.7 Å². The molecule has 0 saturated carbocycles. The van der Waals surface area contributed by atoms with E-state index in [1.807, 2.05) is 164 Å². The predicted molar refractivity (Wildman–Crippen MR) is 336 cm³/mol. The highest BCUT2D eigenvalue weighted by Gasteiger charge is 2.23. The van der Waals surface area contributed by atoms with Gasteiger partial charge in [0.1, 0.15) is 0 Å². The Morgan fingerprint density at radius 2 is 0.655 bits per heavy atom. The van der Waals surface area contributed by atoms with Crippen molar-refractivity contribution in [3.8, 4) is 108 Å². The Morgan fingerprint density at radius 3 is 1.07 bits per heavy atom. The number of aromatic nitrogens is 8. The molecule has 0 aliphatic carbocycles. The van der Waals surface area contributed by atoms with Gasteiger partial charge < -0.3 is 9.13 Å². The summed E-state index contributed by atoms with van der Waals surface area (Å²) < 4.78 is 4.60. The van der Waals surface area contributed by atoms with E-state index in [0.717, 1.165) is 111 Å². The molecular weight excluding hydrogens is 1030 g/mol. The standard InChI is InChI=1S/C74H44N10/c1-76-56-36-40-68-62(45-56)58-30-15-17-32-64(58)84(68)66-39-35-55(74-81-71(50-23-10-4-11-24-50)78-72(82-74)51-25-12-5-13-26-51)44-60(66)53-28-18-27-52(42-53)59-43-54(73-79-69(48-19-6-2-7-20-48)77-70(80-73)49-21-8-3-9-22-49)34-38-65(59)83-63-31-16-14-29-57(63)61-41-47(46-75)33-37-67(61)83/h2-45H. The first kappa shape index (κ1) is 49.1. The van der Waals surface area contributed by atoms with Crippen LogP contribution in [-0.2, 0) is 0 Å². The third-order valence-electron chi connectivity index (χ3n) is 15.5. The smallest absolute Gasteiger partial charge is 0.188 e. The summed E-state index contributed by atoms with van der Waals surface area (Å²) in [4.78, 5) is 34.7. The first-order valence-electron chi connectivity index (χ1n) is 27.5. The molecule has 0 fully saturated rings. The molecule has 0 saturated heterocycles. The van der Waals surface area contributed by atoms with Gasteiger partial charge in [0.05, 0.1) is 51.6 Å². The van der Waals surface area contributed by atoms with Gasteiger partial charge in [-0.05, 0) is 101 Å². The van der Waals surface area contributed by atoms with Crippen LogP contribution in [0.5, 0.6) is 0 Å². The second kappa shape index (κ2) is 20.6. The molecule has 15 rings (SSSR count). The summed E-state index contributed by atoms with van der Waals surface area (Å²) in [5, 5.41) is 14.2. The molecule has 0 radical (unpaired) electrons. The van der Waals surface area contributed by atoms with Crippen LogP contribution in [0.3, 0.4) is 0 Å². The number of hydrogen-bond acceptors (Lipinski definition) is 7. The van der Waals surface area contributed by atoms with Crippen molar-refractivity contribution in [3.63, 3.8) is 0 Å². The van der Waals surface area contributed by atoms with Crippen molar-refractivity contribution in [1.82, 2.24) is 39.0 Å². The van der Waals surface area contributed by atoms with Crippen molar-refractivity contribution in [1.29, 1.82) is 5.26 Å². The first-order valence-corrected chi connectivity index (χ1v) is 27.5. The zero-order chi connectivity index (χ0) is 56.1. The Kier molecular flexibility index (Phi) is 12.0. The predicted octanol–water partition coefficient (Wildman–Crippen LogP) is 18.0. The summed E-state index contributed by atoms with van der Waals surface area (Å²) in [6.07, 6.45) is 0. The molecule has 4 heterocycles. The van der Waals surface area contributed by atoms with Crippen molar-refractivity contribution in [3.05, 3.63) is 284 Å². The zero-order valence-corrected chi connectivity index (χ0v) is 44.9. The van der Waals surface area contributed by atoms with E-state index in [1.54, 1.807) is 0 Å². The van der Waals surface area contributed by atoms with Gasteiger partial charge in [0, 0.05) is 60.7 Å². The molecule has 15 aromatic rings. The molecule has 0 unspecified atom stereocenters. The minimum Gasteiger partial charge on any atom is -0.309 e. The summed E-state index contributed by atoms with van der Waals surface area (Å²) in [6, 6.07) is 92.6. The maximum atomic E-state index is 10.1. The van der Waals surface area contributed by atoms with Gasteiger partial charge in [0.2, 0.25) is 0 Å². The van der Waals surface area contributed by atoms with E-state index in [1.165, 1.54) is 0 Å². The van der Waals surface area contributed by atoms with Crippen LogP contribution in [0.4, 0.5) is 5.69 Å². The van der Waals surface area contributed by atoms with Crippen LogP contribution in [0, 0.1) is 17.9 Å². The van der Waals surface area contributed by atoms with E-state index in [4.69, 9.17) is 36.5 Å². The van der Waals surface area contributed by atoms with Crippen molar-refractivity contribution in [2.75, 3.05) is 0 Å². The van der Waals surface area contributed by atoms with Crippen LogP contribution in [0.1, 0.15) is 5.56 Å². The lowest BCUT2D eigenvalue weighted by atomic mass is 9.94. The SMILES string of the molecule is [C-]#[N+]c1ccc2c(c1)c1ccccc1n2-c1ccc(-c2nc(-c3ccccc3)nc(-c3ccccc3)n2)cc1-c1cccc(-c2cc(-c3nc(-c4ccccc4)nc(-c4ccccc4)n3)ccc2-n2c3ccccc3c3cc(C#N)ccc32)c1. The second-order valence-electron chi connectivity index (χ2n) is 20.5. The molecule has 11 aromatic carbocycles. The fourth-order valence-electron chi connectivity index (χ4n) is 11.5. The van der Waals surface area contributed by atoms with Gasteiger partial charge in [-0.15, -0.1) is 0 Å². The lowest BCUT2D eigenvalue weighted by Crippen LogP contribution is -2.02. The monoisotopic (exact) mass is 1070 g/mol. The molecule has 0 aliphatic rings. The largest absolute Gasteiger partial charge is 0.309 e. The minimum atomic E-state index is 0.525. The van der Waals surface area contributed by atoms with Crippen LogP contribution >= 0.6 is 0 Å². The van der Waals surface area contributed by atoms with Gasteiger partial charge in [-0.2, -0.15) is 5.26 Å². The maximum absolute atomic E-state index is 10.1. The third-order valence-corrected chi connectivity index (χ3v) is 15.5. The molecule has 390 valence electrons. The van der Waals surface area contributed by atoms with Gasteiger partial charge in [0.15, 0.2) is 40.6 Å². The lowest BCUT2D eigenvalue weighted by molar-refractivity contribution is 1.07. The molecule has 10 heteroatoms. The molecular formula is C74H44N10. The molecule has 0 amide bonds. The number of fused-ring (bicyclic) bond motifs is 6. The quantitative estimate of drug-likeness (QED) is 0.125. The Morgan fingerprint density at radius 1 is 0.298 bits per heavy atom. The summed E-state index contributed by atoms with van der Waals surface area (Å²) in [5.74, 6) is 3.31. The van der Waals surface area contributed by atoms with Crippen molar-refractivity contribution in [2.24, 2.45) is 0 Å². The van der Waals surface area contributed by atoms with Gasteiger partial charge in [-0.3, -0.25) is 0 Å². The highest BCUT2D eigenvalue weighted by Crippen LogP contribution is 2.43. The summed E-state index contributed by atoms with van der Waals surface area (Å²) in [7, 11) is 0. The average Bonchev–Trinajstić information content (AvgIpc) is 1.83. The number of nitrogens with zero attached hydrogens (tertiary/aromatic N) is 10. The van der Waals surface area contributed by atoms with E-state index < -0.39 is 0 Å². The summed E-state index contributed by atoms with van der Waals surface area (Å²) >= 11 is 0. The molecule has 0 bridgehead atoms. The van der Waals surface area contributed by atoms with E-state index in [2.05, 4.69) is 123 Å². The molecule has 0 spiro atoms. The number of rotatable bonds is 10. The number of nitriles is 1. The molecule has 0 aliphatic heterocycles. The van der Waals surface area contributed by atoms with E-state index in [0.29, 0.717) is 46.2 Å². The number of hydrogen-bond donors (Lipinski definition) is 0. The Bertz CT molecular complexity index is 4720. The van der Waals surface area contributed by atoms with Crippen molar-refractivity contribution >= 4 is 49.3 Å². The highest BCUT2D eigenvalue weighted by atomic mass is 15.0. The second-order valence-corrected chi connectivity index (χ2v) is 20.5. The van der Waals surface area contributed by atoms with Gasteiger partial charge in [-0.1, -0.05) is 182 Å². The van der Waals surface area contributed by atoms with Crippen LogP contribution in [0.25, 0.3) is 150 Å². The third kappa shape index (κ3) is 8.68. The highest BCUT2D eigenvalue weighted by molar-refractivity contribution is 6.12. The Labute approximate surface area is 483 Å². The maximum Gasteiger partial charge on any atom is 0.188 e. The summed E-state index contributed by atoms with van der Waals surface area (Å²) in [5.41, 5.74) is 15.8. The molecule has 0 N–H and O–H groups in total. The topological polar surface area (TPSA) is 115 Å².